The summed E-state index contributed by atoms with van der Waals surface area (Å²) in [5.74, 6) is -0.116. The number of piperazine rings is 1. The molecule has 10 nitrogen and oxygen atoms in total. The lowest BCUT2D eigenvalue weighted by Crippen LogP contribution is -2.57. The van der Waals surface area contributed by atoms with Gasteiger partial charge in [-0.2, -0.15) is 0 Å². The number of amides is 2. The zero-order valence-electron chi connectivity index (χ0n) is 21.0. The third kappa shape index (κ3) is 6.67. The first-order valence-corrected chi connectivity index (χ1v) is 12.8. The van der Waals surface area contributed by atoms with Crippen LogP contribution in [0.1, 0.15) is 44.6 Å². The van der Waals surface area contributed by atoms with Crippen molar-refractivity contribution in [3.63, 3.8) is 0 Å². The van der Waals surface area contributed by atoms with Crippen LogP contribution < -0.4 is 0 Å². The van der Waals surface area contributed by atoms with Crippen LogP contribution in [-0.2, 0) is 25.6 Å². The summed E-state index contributed by atoms with van der Waals surface area (Å²) in [6, 6.07) is 8.83. The Bertz CT molecular complexity index is 908. The number of unbranched alkanes of at least 4 members (excludes halogenated alkanes) is 1. The van der Waals surface area contributed by atoms with Gasteiger partial charge in [0.05, 0.1) is 12.7 Å². The van der Waals surface area contributed by atoms with Gasteiger partial charge in [0.2, 0.25) is 5.91 Å². The number of rotatable bonds is 9. The van der Waals surface area contributed by atoms with Gasteiger partial charge in [-0.3, -0.25) is 14.6 Å². The minimum atomic E-state index is -0.719. The molecule has 4 rings (SSSR count). The van der Waals surface area contributed by atoms with E-state index in [4.69, 9.17) is 14.2 Å². The van der Waals surface area contributed by atoms with Crippen LogP contribution in [0.4, 0.5) is 9.59 Å². The molecule has 36 heavy (non-hydrogen) atoms. The van der Waals surface area contributed by atoms with Gasteiger partial charge in [-0.15, -0.1) is 0 Å². The van der Waals surface area contributed by atoms with Gasteiger partial charge in [0.1, 0.15) is 19.4 Å². The lowest BCUT2D eigenvalue weighted by molar-refractivity contribution is -0.140. The lowest BCUT2D eigenvalue weighted by Gasteiger charge is -2.38. The molecule has 0 radical (unpaired) electrons. The van der Waals surface area contributed by atoms with E-state index in [1.54, 1.807) is 11.8 Å². The van der Waals surface area contributed by atoms with Gasteiger partial charge in [-0.05, 0) is 50.0 Å². The van der Waals surface area contributed by atoms with Crippen molar-refractivity contribution in [3.8, 4) is 0 Å². The van der Waals surface area contributed by atoms with Crippen LogP contribution in [0.25, 0.3) is 0 Å². The molecule has 2 aliphatic heterocycles. The van der Waals surface area contributed by atoms with E-state index in [1.807, 2.05) is 35.2 Å². The molecule has 0 bridgehead atoms. The number of benzene rings is 1. The number of piperidine rings is 1. The molecule has 3 aliphatic rings. The Morgan fingerprint density at radius 1 is 1.03 bits per heavy atom. The molecule has 198 valence electrons. The zero-order chi connectivity index (χ0) is 25.5. The van der Waals surface area contributed by atoms with E-state index in [0.29, 0.717) is 39.0 Å². The highest BCUT2D eigenvalue weighted by atomic mass is 16.7. The van der Waals surface area contributed by atoms with Gasteiger partial charge >= 0.3 is 12.2 Å². The summed E-state index contributed by atoms with van der Waals surface area (Å²) in [5.41, 5.74) is 1.01. The number of hydrogen-bond donors (Lipinski definition) is 1. The highest BCUT2D eigenvalue weighted by molar-refractivity contribution is 5.86. The smallest absolute Gasteiger partial charge is 0.445 e. The highest BCUT2D eigenvalue weighted by Crippen LogP contribution is 2.53. The monoisotopic (exact) mass is 503 g/mol. The quantitative estimate of drug-likeness (QED) is 0.405. The summed E-state index contributed by atoms with van der Waals surface area (Å²) in [4.78, 5) is 42.2. The molecule has 2 heterocycles. The normalized spacial score (nSPS) is 23.4. The van der Waals surface area contributed by atoms with Crippen molar-refractivity contribution in [3.05, 3.63) is 35.9 Å². The molecule has 1 aromatic carbocycles. The van der Waals surface area contributed by atoms with Gasteiger partial charge < -0.3 is 24.2 Å². The highest BCUT2D eigenvalue weighted by Gasteiger charge is 2.51. The Morgan fingerprint density at radius 3 is 2.53 bits per heavy atom. The SMILES string of the molecule is C[C@H]1C(=O)N(CCCCOC(=O)OCN2CCC3(CC3)[C@H](O)C2)CCN1C(=O)OCc1ccccc1. The minimum Gasteiger partial charge on any atom is -0.445 e. The van der Waals surface area contributed by atoms with Crippen LogP contribution in [-0.4, -0.2) is 96.2 Å². The first-order valence-electron chi connectivity index (χ1n) is 12.8. The molecule has 1 aromatic rings. The fourth-order valence-corrected chi connectivity index (χ4v) is 4.89. The molecular formula is C26H37N3O7. The Balaban J connectivity index is 1.06. The first kappa shape index (κ1) is 26.2. The number of aliphatic hydroxyl groups is 1. The van der Waals surface area contributed by atoms with E-state index >= 15 is 0 Å². The zero-order valence-corrected chi connectivity index (χ0v) is 21.0. The number of nitrogens with zero attached hydrogens (tertiary/aromatic N) is 3. The topological polar surface area (TPSA) is 109 Å². The van der Waals surface area contributed by atoms with E-state index in [-0.39, 0.29) is 37.4 Å². The predicted octanol–water partition coefficient (Wildman–Crippen LogP) is 2.59. The average Bonchev–Trinajstić information content (AvgIpc) is 3.67. The van der Waals surface area contributed by atoms with E-state index in [0.717, 1.165) is 31.4 Å². The van der Waals surface area contributed by atoms with E-state index in [2.05, 4.69) is 0 Å². The Morgan fingerprint density at radius 2 is 1.81 bits per heavy atom. The van der Waals surface area contributed by atoms with Crippen LogP contribution in [0.5, 0.6) is 0 Å². The summed E-state index contributed by atoms with van der Waals surface area (Å²) >= 11 is 0. The summed E-state index contributed by atoms with van der Waals surface area (Å²) in [6.07, 6.45) is 2.83. The van der Waals surface area contributed by atoms with Crippen molar-refractivity contribution >= 4 is 18.2 Å². The van der Waals surface area contributed by atoms with Gasteiger partial charge in [0, 0.05) is 32.7 Å². The van der Waals surface area contributed by atoms with Crippen LogP contribution in [0.2, 0.25) is 0 Å². The van der Waals surface area contributed by atoms with Crippen molar-refractivity contribution in [2.75, 3.05) is 46.1 Å². The van der Waals surface area contributed by atoms with Gasteiger partial charge in [-0.25, -0.2) is 9.59 Å². The average molecular weight is 504 g/mol. The fourth-order valence-electron chi connectivity index (χ4n) is 4.89. The molecule has 10 heteroatoms. The maximum absolute atomic E-state index is 12.7. The Kier molecular flexibility index (Phi) is 8.68. The molecule has 1 N–H and O–H groups in total. The number of ether oxygens (including phenoxy) is 3. The van der Waals surface area contributed by atoms with Crippen molar-refractivity contribution in [2.45, 2.75) is 57.8 Å². The van der Waals surface area contributed by atoms with Gasteiger partial charge in [-0.1, -0.05) is 30.3 Å². The molecule has 2 atom stereocenters. The summed E-state index contributed by atoms with van der Waals surface area (Å²) < 4.78 is 15.7. The summed E-state index contributed by atoms with van der Waals surface area (Å²) in [7, 11) is 0. The molecule has 2 saturated heterocycles. The standard InChI is InChI=1S/C26H37N3O7/c1-20-23(31)28(14-15-29(20)24(32)35-18-21-7-3-2-4-8-21)12-5-6-16-34-25(33)36-19-27-13-11-26(9-10-26)22(30)17-27/h2-4,7-8,20,22,30H,5-6,9-19H2,1H3/t20-,22+/m0/s1. The number of carbonyl (C=O) groups excluding carboxylic acids is 3. The Labute approximate surface area is 212 Å². The molecule has 0 aromatic heterocycles. The van der Waals surface area contributed by atoms with Crippen LogP contribution in [0, 0.1) is 5.41 Å². The Hall–Kier alpha value is -2.85. The fraction of sp³-hybridized carbons (Fsp3) is 0.654. The molecule has 0 unspecified atom stereocenters. The summed E-state index contributed by atoms with van der Waals surface area (Å²) in [5, 5.41) is 10.2. The third-order valence-corrected chi connectivity index (χ3v) is 7.55. The van der Waals surface area contributed by atoms with E-state index < -0.39 is 18.3 Å². The lowest BCUT2D eigenvalue weighted by atomic mass is 9.91. The molecule has 1 spiro atoms. The van der Waals surface area contributed by atoms with E-state index in [1.165, 1.54) is 4.90 Å². The number of likely N-dealkylation sites (tertiary alicyclic amines) is 1. The van der Waals surface area contributed by atoms with Crippen molar-refractivity contribution in [1.82, 2.24) is 14.7 Å². The molecule has 1 saturated carbocycles. The second kappa shape index (κ2) is 11.9. The first-order chi connectivity index (χ1) is 17.4. The van der Waals surface area contributed by atoms with E-state index in [9.17, 15) is 19.5 Å². The van der Waals surface area contributed by atoms with Crippen molar-refractivity contribution in [2.24, 2.45) is 5.41 Å². The van der Waals surface area contributed by atoms with Crippen LogP contribution in [0.15, 0.2) is 30.3 Å². The number of carbonyl (C=O) groups is 3. The maximum atomic E-state index is 12.7. The van der Waals surface area contributed by atoms with Gasteiger partial charge in [0.25, 0.3) is 0 Å². The molecule has 1 aliphatic carbocycles. The van der Waals surface area contributed by atoms with Crippen molar-refractivity contribution in [1.29, 1.82) is 0 Å². The number of β-amino-alcohol motifs (C(OH)–C–C–N with tert-alkyl or cyclic N) is 1. The van der Waals surface area contributed by atoms with Crippen molar-refractivity contribution < 1.29 is 33.7 Å². The second-order valence-corrected chi connectivity index (χ2v) is 10.0. The van der Waals surface area contributed by atoms with Crippen LogP contribution in [0.3, 0.4) is 0 Å². The molecular weight excluding hydrogens is 466 g/mol. The number of aliphatic hydroxyl groups excluding tert-OH is 1. The van der Waals surface area contributed by atoms with Crippen LogP contribution >= 0.6 is 0 Å². The summed E-state index contributed by atoms with van der Waals surface area (Å²) in [6.45, 7) is 4.93. The molecule has 3 fully saturated rings. The maximum Gasteiger partial charge on any atom is 0.509 e. The van der Waals surface area contributed by atoms with Gasteiger partial charge in [0.15, 0.2) is 0 Å². The number of hydrogen-bond acceptors (Lipinski definition) is 8. The third-order valence-electron chi connectivity index (χ3n) is 7.55. The molecule has 2 amide bonds. The second-order valence-electron chi connectivity index (χ2n) is 10.0. The minimum absolute atomic E-state index is 0.116. The predicted molar refractivity (Wildman–Crippen MR) is 130 cm³/mol. The largest absolute Gasteiger partial charge is 0.509 e.